The fourth-order valence-electron chi connectivity index (χ4n) is 3.21. The lowest BCUT2D eigenvalue weighted by Gasteiger charge is -2.15. The number of rotatable bonds is 5. The van der Waals surface area contributed by atoms with E-state index in [1.54, 1.807) is 11.3 Å². The van der Waals surface area contributed by atoms with E-state index < -0.39 is 0 Å². The lowest BCUT2D eigenvalue weighted by Crippen LogP contribution is -2.20. The molecule has 1 unspecified atom stereocenters. The Morgan fingerprint density at radius 2 is 1.78 bits per heavy atom. The maximum Gasteiger partial charge on any atom is 0.231 e. The van der Waals surface area contributed by atoms with Gasteiger partial charge in [-0.1, -0.05) is 61.5 Å². The summed E-state index contributed by atoms with van der Waals surface area (Å²) in [5, 5.41) is 4.03. The molecule has 4 aromatic rings. The van der Waals surface area contributed by atoms with E-state index in [-0.39, 0.29) is 11.8 Å². The summed E-state index contributed by atoms with van der Waals surface area (Å²) in [7, 11) is 0. The fourth-order valence-corrected chi connectivity index (χ4v) is 4.17. The van der Waals surface area contributed by atoms with Gasteiger partial charge >= 0.3 is 0 Å². The second-order valence-electron chi connectivity index (χ2n) is 6.43. The summed E-state index contributed by atoms with van der Waals surface area (Å²) in [4.78, 5) is 17.5. The number of carbonyl (C=O) groups is 1. The van der Waals surface area contributed by atoms with Crippen molar-refractivity contribution >= 4 is 33.1 Å². The molecule has 3 aromatic carbocycles. The van der Waals surface area contributed by atoms with E-state index >= 15 is 0 Å². The second kappa shape index (κ2) is 7.72. The molecule has 0 radical (unpaired) electrons. The van der Waals surface area contributed by atoms with Gasteiger partial charge in [0.05, 0.1) is 16.1 Å². The highest BCUT2D eigenvalue weighted by atomic mass is 32.1. The number of para-hydroxylation sites is 1. The van der Waals surface area contributed by atoms with Gasteiger partial charge in [0.15, 0.2) is 0 Å². The van der Waals surface area contributed by atoms with Gasteiger partial charge in [-0.15, -0.1) is 11.3 Å². The van der Waals surface area contributed by atoms with E-state index in [1.165, 1.54) is 0 Å². The van der Waals surface area contributed by atoms with Crippen LogP contribution in [-0.4, -0.2) is 10.9 Å². The number of hydrogen-bond acceptors (Lipinski definition) is 3. The van der Waals surface area contributed by atoms with Gasteiger partial charge in [0, 0.05) is 11.3 Å². The van der Waals surface area contributed by atoms with E-state index in [0.29, 0.717) is 0 Å². The topological polar surface area (TPSA) is 42.0 Å². The molecule has 0 aliphatic heterocycles. The molecule has 0 aliphatic carbocycles. The smallest absolute Gasteiger partial charge is 0.231 e. The molecule has 0 aliphatic rings. The number of nitrogens with zero attached hydrogens (tertiary/aromatic N) is 1. The summed E-state index contributed by atoms with van der Waals surface area (Å²) in [5.41, 5.74) is 3.86. The zero-order chi connectivity index (χ0) is 18.6. The van der Waals surface area contributed by atoms with Crippen LogP contribution >= 0.6 is 11.3 Å². The fraction of sp³-hybridized carbons (Fsp3) is 0.130. The van der Waals surface area contributed by atoms with Gasteiger partial charge in [-0.2, -0.15) is 0 Å². The number of carbonyl (C=O) groups excluding carboxylic acids is 1. The van der Waals surface area contributed by atoms with Crippen LogP contribution in [0, 0.1) is 0 Å². The molecule has 4 heteroatoms. The molecule has 1 atom stereocenters. The summed E-state index contributed by atoms with van der Waals surface area (Å²) < 4.78 is 1.16. The Kier molecular flexibility index (Phi) is 4.99. The van der Waals surface area contributed by atoms with Crippen LogP contribution in [0.5, 0.6) is 0 Å². The highest BCUT2D eigenvalue weighted by molar-refractivity contribution is 7.21. The number of hydrogen-bond donors (Lipinski definition) is 1. The van der Waals surface area contributed by atoms with Crippen molar-refractivity contribution in [3.05, 3.63) is 84.4 Å². The molecule has 0 saturated heterocycles. The molecule has 0 bridgehead atoms. The molecular weight excluding hydrogens is 352 g/mol. The molecule has 4 rings (SSSR count). The van der Waals surface area contributed by atoms with Crippen LogP contribution in [0.2, 0.25) is 0 Å². The molecule has 1 N–H and O–H groups in total. The van der Waals surface area contributed by atoms with Crippen LogP contribution in [0.1, 0.15) is 24.8 Å². The van der Waals surface area contributed by atoms with Crippen molar-refractivity contribution in [1.82, 2.24) is 4.98 Å². The van der Waals surface area contributed by atoms with Crippen LogP contribution in [-0.2, 0) is 4.79 Å². The first-order chi connectivity index (χ1) is 13.2. The molecule has 3 nitrogen and oxygen atoms in total. The minimum atomic E-state index is -0.155. The Morgan fingerprint density at radius 1 is 1.00 bits per heavy atom. The molecule has 0 saturated carbocycles. The lowest BCUT2D eigenvalue weighted by atomic mass is 9.95. The van der Waals surface area contributed by atoms with Gasteiger partial charge in [0.1, 0.15) is 5.01 Å². The largest absolute Gasteiger partial charge is 0.326 e. The molecule has 1 heterocycles. The van der Waals surface area contributed by atoms with Gasteiger partial charge in [0.25, 0.3) is 0 Å². The Bertz CT molecular complexity index is 1040. The number of aromatic nitrogens is 1. The molecular formula is C23H20N2OS. The SMILES string of the molecule is CCC(C(=O)Nc1cccc(-c2nc3ccccc3s2)c1)c1ccccc1. The Balaban J connectivity index is 1.58. The first kappa shape index (κ1) is 17.4. The van der Waals surface area contributed by atoms with Crippen LogP contribution in [0.15, 0.2) is 78.9 Å². The summed E-state index contributed by atoms with van der Waals surface area (Å²) >= 11 is 1.66. The number of thiazole rings is 1. The van der Waals surface area contributed by atoms with Gasteiger partial charge < -0.3 is 5.32 Å². The lowest BCUT2D eigenvalue weighted by molar-refractivity contribution is -0.117. The highest BCUT2D eigenvalue weighted by Crippen LogP contribution is 2.31. The predicted octanol–water partition coefficient (Wildman–Crippen LogP) is 6.10. The first-order valence-corrected chi connectivity index (χ1v) is 9.88. The van der Waals surface area contributed by atoms with E-state index in [1.807, 2.05) is 79.7 Å². The average Bonchev–Trinajstić information content (AvgIpc) is 3.14. The van der Waals surface area contributed by atoms with Crippen molar-refractivity contribution in [2.45, 2.75) is 19.3 Å². The number of amides is 1. The van der Waals surface area contributed by atoms with Crippen molar-refractivity contribution in [2.24, 2.45) is 0 Å². The normalized spacial score (nSPS) is 12.0. The quantitative estimate of drug-likeness (QED) is 0.460. The Labute approximate surface area is 162 Å². The van der Waals surface area contributed by atoms with E-state index in [9.17, 15) is 4.79 Å². The van der Waals surface area contributed by atoms with Gasteiger partial charge in [-0.05, 0) is 36.2 Å². The molecule has 1 aromatic heterocycles. The molecule has 1 amide bonds. The molecule has 0 spiro atoms. The van der Waals surface area contributed by atoms with Crippen molar-refractivity contribution in [3.8, 4) is 10.6 Å². The first-order valence-electron chi connectivity index (χ1n) is 9.06. The summed E-state index contributed by atoms with van der Waals surface area (Å²) in [5.74, 6) is -0.137. The summed E-state index contributed by atoms with van der Waals surface area (Å²) in [6.45, 7) is 2.04. The predicted molar refractivity (Wildman–Crippen MR) is 113 cm³/mol. The summed E-state index contributed by atoms with van der Waals surface area (Å²) in [6, 6.07) is 25.9. The minimum absolute atomic E-state index is 0.0187. The van der Waals surface area contributed by atoms with Crippen molar-refractivity contribution in [3.63, 3.8) is 0 Å². The maximum atomic E-state index is 12.8. The van der Waals surface area contributed by atoms with Crippen LogP contribution in [0.25, 0.3) is 20.8 Å². The van der Waals surface area contributed by atoms with Crippen molar-refractivity contribution in [1.29, 1.82) is 0 Å². The van der Waals surface area contributed by atoms with Crippen molar-refractivity contribution < 1.29 is 4.79 Å². The van der Waals surface area contributed by atoms with Gasteiger partial charge in [-0.25, -0.2) is 4.98 Å². The molecule has 134 valence electrons. The van der Waals surface area contributed by atoms with E-state index in [2.05, 4.69) is 11.4 Å². The van der Waals surface area contributed by atoms with Crippen LogP contribution < -0.4 is 5.32 Å². The summed E-state index contributed by atoms with van der Waals surface area (Å²) in [6.07, 6.45) is 0.757. The standard InChI is InChI=1S/C23H20N2OS/c1-2-19(16-9-4-3-5-10-16)22(26)24-18-12-8-11-17(15-18)23-25-20-13-6-7-14-21(20)27-23/h3-15,19H,2H2,1H3,(H,24,26). The zero-order valence-corrected chi connectivity index (χ0v) is 15.9. The zero-order valence-electron chi connectivity index (χ0n) is 15.1. The maximum absolute atomic E-state index is 12.8. The van der Waals surface area contributed by atoms with Crippen LogP contribution in [0.3, 0.4) is 0 Å². The highest BCUT2D eigenvalue weighted by Gasteiger charge is 2.18. The van der Waals surface area contributed by atoms with Gasteiger partial charge in [-0.3, -0.25) is 4.79 Å². The minimum Gasteiger partial charge on any atom is -0.326 e. The number of nitrogens with one attached hydrogen (secondary N) is 1. The Hall–Kier alpha value is -2.98. The molecule has 27 heavy (non-hydrogen) atoms. The van der Waals surface area contributed by atoms with E-state index in [0.717, 1.165) is 38.5 Å². The third-order valence-corrected chi connectivity index (χ3v) is 5.68. The number of benzene rings is 3. The van der Waals surface area contributed by atoms with Crippen molar-refractivity contribution in [2.75, 3.05) is 5.32 Å². The Morgan fingerprint density at radius 3 is 2.56 bits per heavy atom. The number of fused-ring (bicyclic) bond motifs is 1. The second-order valence-corrected chi connectivity index (χ2v) is 7.46. The van der Waals surface area contributed by atoms with Crippen LogP contribution in [0.4, 0.5) is 5.69 Å². The van der Waals surface area contributed by atoms with Gasteiger partial charge in [0.2, 0.25) is 5.91 Å². The average molecular weight is 372 g/mol. The third-order valence-electron chi connectivity index (χ3n) is 4.60. The monoisotopic (exact) mass is 372 g/mol. The van der Waals surface area contributed by atoms with E-state index in [4.69, 9.17) is 4.98 Å². The third kappa shape index (κ3) is 3.76. The number of anilines is 1. The molecule has 0 fully saturated rings.